The van der Waals surface area contributed by atoms with Gasteiger partial charge in [-0.2, -0.15) is 0 Å². The molecule has 2 aliphatic heterocycles. The molecule has 3 fully saturated rings. The molecule has 4 rings (SSSR count). The molecule has 1 N–H and O–H groups in total. The van der Waals surface area contributed by atoms with E-state index in [2.05, 4.69) is 17.4 Å². The second kappa shape index (κ2) is 9.60. The third-order valence-electron chi connectivity index (χ3n) is 6.57. The van der Waals surface area contributed by atoms with Crippen LogP contribution in [0, 0.1) is 5.92 Å². The summed E-state index contributed by atoms with van der Waals surface area (Å²) >= 11 is 0. The average Bonchev–Trinajstić information content (AvgIpc) is 3.09. The van der Waals surface area contributed by atoms with Crippen molar-refractivity contribution in [3.8, 4) is 0 Å². The van der Waals surface area contributed by atoms with Gasteiger partial charge in [0.05, 0.1) is 13.2 Å². The maximum Gasteiger partial charge on any atom is 0.291 e. The van der Waals surface area contributed by atoms with Crippen LogP contribution in [0.3, 0.4) is 0 Å². The minimum absolute atomic E-state index is 0.0133. The highest BCUT2D eigenvalue weighted by Gasteiger charge is 2.44. The van der Waals surface area contributed by atoms with E-state index in [0.717, 1.165) is 25.7 Å². The van der Waals surface area contributed by atoms with E-state index in [1.54, 1.807) is 4.90 Å². The molecule has 1 saturated carbocycles. The molecule has 1 unspecified atom stereocenters. The maximum atomic E-state index is 12.7. The summed E-state index contributed by atoms with van der Waals surface area (Å²) in [6.45, 7) is 1.69. The fourth-order valence-electron chi connectivity index (χ4n) is 4.70. The fraction of sp³-hybridized carbons (Fsp3) is 0.565. The van der Waals surface area contributed by atoms with E-state index in [1.807, 2.05) is 18.2 Å². The maximum absolute atomic E-state index is 12.7. The lowest BCUT2D eigenvalue weighted by Gasteiger charge is -2.30. The zero-order valence-electron chi connectivity index (χ0n) is 17.6. The number of amides is 3. The summed E-state index contributed by atoms with van der Waals surface area (Å²) in [4.78, 5) is 52.7. The number of Topliss-reactive ketones (excluding diaryl/α,β-unsaturated/α-hetero) is 1. The van der Waals surface area contributed by atoms with Crippen LogP contribution in [0.25, 0.3) is 0 Å². The number of ether oxygens (including phenoxy) is 1. The Hall–Kier alpha value is -2.74. The van der Waals surface area contributed by atoms with Crippen molar-refractivity contribution in [2.24, 2.45) is 5.92 Å². The molecule has 2 heterocycles. The Labute approximate surface area is 181 Å². The van der Waals surface area contributed by atoms with Gasteiger partial charge in [-0.05, 0) is 37.2 Å². The smallest absolute Gasteiger partial charge is 0.291 e. The number of morpholine rings is 1. The quantitative estimate of drug-likeness (QED) is 0.552. The third-order valence-corrected chi connectivity index (χ3v) is 6.57. The molecule has 2 saturated heterocycles. The molecule has 1 aromatic carbocycles. The number of carbonyl (C=O) groups excluding carboxylic acids is 4. The first kappa shape index (κ1) is 21.5. The summed E-state index contributed by atoms with van der Waals surface area (Å²) in [5, 5.41) is 2.97. The highest BCUT2D eigenvalue weighted by Crippen LogP contribution is 2.32. The number of ketones is 1. The Kier molecular flexibility index (Phi) is 6.65. The Morgan fingerprint density at radius 3 is 2.35 bits per heavy atom. The summed E-state index contributed by atoms with van der Waals surface area (Å²) in [7, 11) is 0. The second-order valence-electron chi connectivity index (χ2n) is 8.56. The highest BCUT2D eigenvalue weighted by molar-refractivity contribution is 6.42. The minimum atomic E-state index is -1.03. The van der Waals surface area contributed by atoms with Crippen LogP contribution < -0.4 is 5.32 Å². The normalized spacial score (nSPS) is 26.8. The Morgan fingerprint density at radius 1 is 1.00 bits per heavy atom. The second-order valence-corrected chi connectivity index (χ2v) is 8.56. The van der Waals surface area contributed by atoms with Crippen LogP contribution in [0.5, 0.6) is 0 Å². The minimum Gasteiger partial charge on any atom is -0.378 e. The number of nitrogens with one attached hydrogen (secondary N) is 1. The molecule has 3 aliphatic rings. The van der Waals surface area contributed by atoms with Gasteiger partial charge in [0.1, 0.15) is 12.5 Å². The van der Waals surface area contributed by atoms with Crippen molar-refractivity contribution in [1.82, 2.24) is 15.1 Å². The third kappa shape index (κ3) is 4.95. The van der Waals surface area contributed by atoms with Gasteiger partial charge in [0.2, 0.25) is 17.6 Å². The first-order valence-corrected chi connectivity index (χ1v) is 11.1. The Bertz CT molecular complexity index is 829. The summed E-state index contributed by atoms with van der Waals surface area (Å²) in [5.74, 6) is -2.62. The van der Waals surface area contributed by atoms with Crippen molar-refractivity contribution in [3.05, 3.63) is 35.9 Å². The van der Waals surface area contributed by atoms with Crippen LogP contribution in [-0.2, 0) is 23.9 Å². The molecule has 0 spiro atoms. The van der Waals surface area contributed by atoms with Crippen LogP contribution >= 0.6 is 0 Å². The van der Waals surface area contributed by atoms with Gasteiger partial charge in [0.15, 0.2) is 0 Å². The van der Waals surface area contributed by atoms with E-state index >= 15 is 0 Å². The molecule has 0 radical (unpaired) electrons. The fourth-order valence-corrected chi connectivity index (χ4v) is 4.70. The van der Waals surface area contributed by atoms with Crippen molar-refractivity contribution < 1.29 is 23.9 Å². The molecule has 31 heavy (non-hydrogen) atoms. The average molecular weight is 428 g/mol. The number of likely N-dealkylation sites (tertiary alicyclic amines) is 1. The molecule has 0 aromatic heterocycles. The molecule has 0 bridgehead atoms. The van der Waals surface area contributed by atoms with Crippen molar-refractivity contribution in [2.45, 2.75) is 37.6 Å². The molecule has 1 aliphatic carbocycles. The Balaban J connectivity index is 1.27. The van der Waals surface area contributed by atoms with E-state index in [-0.39, 0.29) is 25.0 Å². The van der Waals surface area contributed by atoms with E-state index in [4.69, 9.17) is 4.74 Å². The zero-order chi connectivity index (χ0) is 21.8. The van der Waals surface area contributed by atoms with Gasteiger partial charge < -0.3 is 19.9 Å². The van der Waals surface area contributed by atoms with E-state index < -0.39 is 23.5 Å². The van der Waals surface area contributed by atoms with Crippen molar-refractivity contribution in [2.75, 3.05) is 39.4 Å². The van der Waals surface area contributed by atoms with Gasteiger partial charge in [-0.3, -0.25) is 19.2 Å². The molecule has 8 heteroatoms. The number of hydrogen-bond donors (Lipinski definition) is 1. The van der Waals surface area contributed by atoms with Gasteiger partial charge in [0.25, 0.3) is 5.91 Å². The van der Waals surface area contributed by atoms with E-state index in [1.165, 1.54) is 10.5 Å². The van der Waals surface area contributed by atoms with Crippen LogP contribution in [0.2, 0.25) is 0 Å². The van der Waals surface area contributed by atoms with Crippen molar-refractivity contribution in [1.29, 1.82) is 0 Å². The van der Waals surface area contributed by atoms with Crippen LogP contribution in [-0.4, -0.2) is 78.7 Å². The van der Waals surface area contributed by atoms with Gasteiger partial charge in [-0.15, -0.1) is 0 Å². The molecular formula is C23H29N3O5. The Morgan fingerprint density at radius 2 is 1.68 bits per heavy atom. The number of hydrogen-bond acceptors (Lipinski definition) is 5. The summed E-state index contributed by atoms with van der Waals surface area (Å²) in [6.07, 6.45) is 3.65. The lowest BCUT2D eigenvalue weighted by Crippen LogP contribution is -2.46. The molecule has 3 amide bonds. The van der Waals surface area contributed by atoms with Gasteiger partial charge >= 0.3 is 0 Å². The number of rotatable bonds is 5. The van der Waals surface area contributed by atoms with Crippen molar-refractivity contribution >= 4 is 23.5 Å². The number of benzene rings is 1. The SMILES string of the molecule is O=C(NC1CCC(c2ccccc2)CC1)C1CN(CC(=O)N2CCOCC2)C(=O)C1=O. The van der Waals surface area contributed by atoms with Gasteiger partial charge in [-0.1, -0.05) is 30.3 Å². The molecule has 1 atom stereocenters. The molecular weight excluding hydrogens is 398 g/mol. The topological polar surface area (TPSA) is 96.0 Å². The van der Waals surface area contributed by atoms with E-state index in [9.17, 15) is 19.2 Å². The first-order chi connectivity index (χ1) is 15.0. The number of carbonyl (C=O) groups is 4. The highest BCUT2D eigenvalue weighted by atomic mass is 16.5. The van der Waals surface area contributed by atoms with E-state index in [0.29, 0.717) is 32.2 Å². The predicted molar refractivity (Wildman–Crippen MR) is 112 cm³/mol. The summed E-state index contributed by atoms with van der Waals surface area (Å²) < 4.78 is 5.23. The number of nitrogens with zero attached hydrogens (tertiary/aromatic N) is 2. The first-order valence-electron chi connectivity index (χ1n) is 11.1. The van der Waals surface area contributed by atoms with Crippen LogP contribution in [0.4, 0.5) is 0 Å². The van der Waals surface area contributed by atoms with Crippen LogP contribution in [0.15, 0.2) is 30.3 Å². The monoisotopic (exact) mass is 427 g/mol. The lowest BCUT2D eigenvalue weighted by molar-refractivity contribution is -0.145. The zero-order valence-corrected chi connectivity index (χ0v) is 17.6. The van der Waals surface area contributed by atoms with Crippen LogP contribution in [0.1, 0.15) is 37.2 Å². The molecule has 8 nitrogen and oxygen atoms in total. The largest absolute Gasteiger partial charge is 0.378 e. The van der Waals surface area contributed by atoms with Gasteiger partial charge in [0, 0.05) is 25.7 Å². The molecule has 1 aromatic rings. The summed E-state index contributed by atoms with van der Waals surface area (Å²) in [6, 6.07) is 10.4. The lowest BCUT2D eigenvalue weighted by atomic mass is 9.81. The predicted octanol–water partition coefficient (Wildman–Crippen LogP) is 0.715. The van der Waals surface area contributed by atoms with Gasteiger partial charge in [-0.25, -0.2) is 0 Å². The van der Waals surface area contributed by atoms with Crippen molar-refractivity contribution in [3.63, 3.8) is 0 Å². The molecule has 166 valence electrons. The standard InChI is InChI=1S/C23H29N3O5/c27-20(25-10-12-31-13-11-25)15-26-14-19(21(28)23(26)30)22(29)24-18-8-6-17(7-9-18)16-4-2-1-3-5-16/h1-5,17-19H,6-15H2,(H,24,29). The summed E-state index contributed by atoms with van der Waals surface area (Å²) in [5.41, 5.74) is 1.32.